The molecule has 2 aliphatic rings. The minimum atomic E-state index is -1.33. The summed E-state index contributed by atoms with van der Waals surface area (Å²) < 4.78 is 22.9. The van der Waals surface area contributed by atoms with Crippen molar-refractivity contribution in [2.45, 2.75) is 13.0 Å². The first-order chi connectivity index (χ1) is 15.0. The zero-order valence-electron chi connectivity index (χ0n) is 17.3. The molecule has 32 heavy (non-hydrogen) atoms. The molecule has 0 radical (unpaired) electrons. The Bertz CT molecular complexity index is 1240. The van der Waals surface area contributed by atoms with Crippen molar-refractivity contribution in [2.75, 3.05) is 42.6 Å². The maximum atomic E-state index is 15.3. The van der Waals surface area contributed by atoms with Gasteiger partial charge in [0.2, 0.25) is 5.43 Å². The number of carboxylic acid groups (broad SMARTS) is 1. The standard InChI is InChI=1S/C22H21FN4O4.ClH/c1-13-12-31-21-18-14(20(28)15(22(29)30)11-27(13)18)10-16(23)19(21)26-8-6-25(7-9-26)17-4-2-3-5-24-17;/h2-5,10-11,13H,6-9,12H2,1H3,(H,29,30);1H/t13-;/m0./s1. The Hall–Kier alpha value is -3.33. The number of hydrogen-bond acceptors (Lipinski definition) is 6. The summed E-state index contributed by atoms with van der Waals surface area (Å²) in [6.07, 6.45) is 3.08. The molecule has 2 aliphatic heterocycles. The minimum Gasteiger partial charge on any atom is -0.487 e. The van der Waals surface area contributed by atoms with Crippen LogP contribution in [0.3, 0.4) is 0 Å². The van der Waals surface area contributed by atoms with Crippen LogP contribution in [0, 0.1) is 5.82 Å². The number of aromatic carboxylic acids is 1. The van der Waals surface area contributed by atoms with Gasteiger partial charge in [-0.2, -0.15) is 0 Å². The second-order valence-electron chi connectivity index (χ2n) is 7.84. The van der Waals surface area contributed by atoms with Gasteiger partial charge in [-0.25, -0.2) is 14.2 Å². The molecule has 1 N–H and O–H groups in total. The molecule has 0 spiro atoms. The number of pyridine rings is 2. The van der Waals surface area contributed by atoms with Crippen molar-refractivity contribution in [3.05, 3.63) is 58.3 Å². The fourth-order valence-electron chi connectivity index (χ4n) is 4.36. The summed E-state index contributed by atoms with van der Waals surface area (Å²) in [5, 5.41) is 9.43. The molecule has 0 unspecified atom stereocenters. The molecule has 0 bridgehead atoms. The molecule has 5 rings (SSSR count). The van der Waals surface area contributed by atoms with E-state index in [0.717, 1.165) is 11.9 Å². The predicted molar refractivity (Wildman–Crippen MR) is 121 cm³/mol. The second-order valence-corrected chi connectivity index (χ2v) is 7.84. The van der Waals surface area contributed by atoms with Gasteiger partial charge in [0.15, 0.2) is 11.6 Å². The van der Waals surface area contributed by atoms with Crippen LogP contribution < -0.4 is 20.0 Å². The first kappa shape index (κ1) is 21.9. The number of anilines is 2. The quantitative estimate of drug-likeness (QED) is 0.643. The van der Waals surface area contributed by atoms with Gasteiger partial charge >= 0.3 is 5.97 Å². The van der Waals surface area contributed by atoms with Gasteiger partial charge in [0, 0.05) is 38.6 Å². The third kappa shape index (κ3) is 3.42. The highest BCUT2D eigenvalue weighted by atomic mass is 35.5. The minimum absolute atomic E-state index is 0. The van der Waals surface area contributed by atoms with Crippen molar-refractivity contribution in [3.63, 3.8) is 0 Å². The molecule has 3 aromatic rings. The van der Waals surface area contributed by atoms with E-state index in [-0.39, 0.29) is 36.0 Å². The normalized spacial score (nSPS) is 17.6. The van der Waals surface area contributed by atoms with Crippen LogP contribution in [0.2, 0.25) is 0 Å². The topological polar surface area (TPSA) is 87.9 Å². The lowest BCUT2D eigenvalue weighted by molar-refractivity contribution is 0.0694. The Morgan fingerprint density at radius 3 is 2.59 bits per heavy atom. The molecule has 168 valence electrons. The summed E-state index contributed by atoms with van der Waals surface area (Å²) in [6.45, 7) is 4.57. The van der Waals surface area contributed by atoms with Crippen LogP contribution in [0.25, 0.3) is 10.9 Å². The average Bonchev–Trinajstić information content (AvgIpc) is 2.78. The van der Waals surface area contributed by atoms with E-state index in [1.807, 2.05) is 30.0 Å². The number of benzene rings is 1. The van der Waals surface area contributed by atoms with Crippen LogP contribution in [0.5, 0.6) is 5.75 Å². The molecule has 1 atom stereocenters. The van der Waals surface area contributed by atoms with Gasteiger partial charge in [-0.05, 0) is 25.1 Å². The molecule has 1 fully saturated rings. The summed E-state index contributed by atoms with van der Waals surface area (Å²) in [5.74, 6) is -0.739. The van der Waals surface area contributed by atoms with Crippen LogP contribution in [0.15, 0.2) is 41.5 Å². The molecule has 2 aromatic heterocycles. The Morgan fingerprint density at radius 2 is 1.94 bits per heavy atom. The van der Waals surface area contributed by atoms with Crippen molar-refractivity contribution in [1.29, 1.82) is 0 Å². The Balaban J connectivity index is 0.00000245. The van der Waals surface area contributed by atoms with Crippen molar-refractivity contribution in [1.82, 2.24) is 9.55 Å². The maximum Gasteiger partial charge on any atom is 0.341 e. The van der Waals surface area contributed by atoms with Crippen LogP contribution >= 0.6 is 12.4 Å². The zero-order valence-corrected chi connectivity index (χ0v) is 18.1. The van der Waals surface area contributed by atoms with E-state index in [1.54, 1.807) is 10.8 Å². The molecule has 4 heterocycles. The molecular formula is C22H22ClFN4O4. The van der Waals surface area contributed by atoms with Gasteiger partial charge in [-0.1, -0.05) is 6.07 Å². The maximum absolute atomic E-state index is 15.3. The number of ether oxygens (including phenoxy) is 1. The van der Waals surface area contributed by atoms with E-state index >= 15 is 4.39 Å². The number of carbonyl (C=O) groups is 1. The first-order valence-electron chi connectivity index (χ1n) is 10.1. The van der Waals surface area contributed by atoms with Crippen molar-refractivity contribution >= 4 is 40.8 Å². The van der Waals surface area contributed by atoms with Crippen molar-refractivity contribution < 1.29 is 19.0 Å². The third-order valence-electron chi connectivity index (χ3n) is 5.94. The highest BCUT2D eigenvalue weighted by Crippen LogP contribution is 2.42. The number of hydrogen-bond donors (Lipinski definition) is 1. The van der Waals surface area contributed by atoms with Gasteiger partial charge in [0.1, 0.15) is 23.7 Å². The molecule has 1 aromatic carbocycles. The predicted octanol–water partition coefficient (Wildman–Crippen LogP) is 2.94. The van der Waals surface area contributed by atoms with Crippen molar-refractivity contribution in [3.8, 4) is 5.75 Å². The number of rotatable bonds is 3. The molecule has 0 saturated carbocycles. The van der Waals surface area contributed by atoms with E-state index in [4.69, 9.17) is 4.74 Å². The van der Waals surface area contributed by atoms with Gasteiger partial charge in [-0.15, -0.1) is 12.4 Å². The summed E-state index contributed by atoms with van der Waals surface area (Å²) >= 11 is 0. The van der Waals surface area contributed by atoms with Crippen LogP contribution in [-0.4, -0.2) is 53.4 Å². The lowest BCUT2D eigenvalue weighted by Gasteiger charge is -2.38. The smallest absolute Gasteiger partial charge is 0.341 e. The summed E-state index contributed by atoms with van der Waals surface area (Å²) in [4.78, 5) is 32.7. The molecular weight excluding hydrogens is 439 g/mol. The van der Waals surface area contributed by atoms with E-state index in [2.05, 4.69) is 9.88 Å². The fraction of sp³-hybridized carbons (Fsp3) is 0.318. The second kappa shape index (κ2) is 8.31. The molecule has 8 nitrogen and oxygen atoms in total. The lowest BCUT2D eigenvalue weighted by atomic mass is 10.1. The fourth-order valence-corrected chi connectivity index (χ4v) is 4.36. The largest absolute Gasteiger partial charge is 0.487 e. The Morgan fingerprint density at radius 1 is 1.22 bits per heavy atom. The summed E-state index contributed by atoms with van der Waals surface area (Å²) in [5.41, 5.74) is -0.319. The highest BCUT2D eigenvalue weighted by Gasteiger charge is 2.31. The molecule has 10 heteroatoms. The first-order valence-corrected chi connectivity index (χ1v) is 10.1. The van der Waals surface area contributed by atoms with E-state index < -0.39 is 17.2 Å². The Labute approximate surface area is 189 Å². The van der Waals surface area contributed by atoms with E-state index in [0.29, 0.717) is 43.1 Å². The van der Waals surface area contributed by atoms with Crippen LogP contribution in [0.4, 0.5) is 15.9 Å². The highest BCUT2D eigenvalue weighted by molar-refractivity contribution is 5.97. The Kier molecular flexibility index (Phi) is 5.68. The number of aromatic nitrogens is 2. The third-order valence-corrected chi connectivity index (χ3v) is 5.94. The lowest BCUT2D eigenvalue weighted by Crippen LogP contribution is -2.47. The van der Waals surface area contributed by atoms with Gasteiger partial charge < -0.3 is 24.2 Å². The number of carboxylic acids is 1. The SMILES string of the molecule is C[C@H]1COc2c(N3CCN(c4ccccn4)CC3)c(F)cc3c(=O)c(C(=O)O)cn1c23.Cl. The summed E-state index contributed by atoms with van der Waals surface area (Å²) in [7, 11) is 0. The number of halogens is 2. The molecule has 1 saturated heterocycles. The van der Waals surface area contributed by atoms with Crippen LogP contribution in [0.1, 0.15) is 23.3 Å². The van der Waals surface area contributed by atoms with Gasteiger partial charge in [0.05, 0.1) is 16.9 Å². The molecule has 0 amide bonds. The average molecular weight is 461 g/mol. The summed E-state index contributed by atoms with van der Waals surface area (Å²) in [6, 6.07) is 6.70. The monoisotopic (exact) mass is 460 g/mol. The van der Waals surface area contributed by atoms with E-state index in [1.165, 1.54) is 6.20 Å². The number of nitrogens with zero attached hydrogens (tertiary/aromatic N) is 4. The van der Waals surface area contributed by atoms with Crippen molar-refractivity contribution in [2.24, 2.45) is 0 Å². The van der Waals surface area contributed by atoms with Crippen LogP contribution in [-0.2, 0) is 0 Å². The van der Waals surface area contributed by atoms with Gasteiger partial charge in [-0.3, -0.25) is 4.79 Å². The number of piperazine rings is 1. The molecule has 0 aliphatic carbocycles. The zero-order chi connectivity index (χ0) is 21.7. The van der Waals surface area contributed by atoms with Gasteiger partial charge in [0.25, 0.3) is 0 Å². The van der Waals surface area contributed by atoms with E-state index in [9.17, 15) is 14.7 Å².